The van der Waals surface area contributed by atoms with Crippen molar-refractivity contribution in [1.29, 1.82) is 0 Å². The number of phenolic OH excluding ortho intramolecular Hbond substituents is 1. The summed E-state index contributed by atoms with van der Waals surface area (Å²) in [6.07, 6.45) is 0.274. The third-order valence-corrected chi connectivity index (χ3v) is 2.96. The summed E-state index contributed by atoms with van der Waals surface area (Å²) in [6, 6.07) is 4.56. The summed E-state index contributed by atoms with van der Waals surface area (Å²) in [5, 5.41) is 20.6. The molecule has 1 aromatic carbocycles. The first-order chi connectivity index (χ1) is 9.31. The maximum atomic E-state index is 11.9. The van der Waals surface area contributed by atoms with Crippen molar-refractivity contribution in [2.45, 2.75) is 32.4 Å². The number of benzene rings is 1. The van der Waals surface area contributed by atoms with Crippen LogP contribution in [0.25, 0.3) is 0 Å². The van der Waals surface area contributed by atoms with Gasteiger partial charge in [-0.1, -0.05) is 26.0 Å². The van der Waals surface area contributed by atoms with Gasteiger partial charge in [0, 0.05) is 0 Å². The molecule has 0 heterocycles. The van der Waals surface area contributed by atoms with Crippen LogP contribution in [0.15, 0.2) is 24.3 Å². The van der Waals surface area contributed by atoms with E-state index < -0.39 is 24.0 Å². The Morgan fingerprint density at radius 2 is 1.80 bits per heavy atom. The van der Waals surface area contributed by atoms with Gasteiger partial charge in [0.15, 0.2) is 0 Å². The van der Waals surface area contributed by atoms with Gasteiger partial charge < -0.3 is 21.3 Å². The number of nitrogens with one attached hydrogen (secondary N) is 1. The van der Waals surface area contributed by atoms with Crippen LogP contribution < -0.4 is 11.1 Å². The number of rotatable bonds is 6. The van der Waals surface area contributed by atoms with Crippen LogP contribution in [0.1, 0.15) is 19.4 Å². The minimum Gasteiger partial charge on any atom is -0.508 e. The summed E-state index contributed by atoms with van der Waals surface area (Å²) in [4.78, 5) is 22.9. The van der Waals surface area contributed by atoms with E-state index in [2.05, 4.69) is 5.32 Å². The van der Waals surface area contributed by atoms with Gasteiger partial charge in [-0.15, -0.1) is 0 Å². The molecule has 6 nitrogen and oxygen atoms in total. The zero-order chi connectivity index (χ0) is 15.3. The highest BCUT2D eigenvalue weighted by Gasteiger charge is 2.25. The number of hydrogen-bond acceptors (Lipinski definition) is 4. The Bertz CT molecular complexity index is 471. The normalized spacial score (nSPS) is 13.8. The zero-order valence-electron chi connectivity index (χ0n) is 11.5. The maximum Gasteiger partial charge on any atom is 0.326 e. The Balaban J connectivity index is 2.62. The molecule has 0 spiro atoms. The van der Waals surface area contributed by atoms with Gasteiger partial charge in [0.05, 0.1) is 6.04 Å². The van der Waals surface area contributed by atoms with Crippen LogP contribution in [0.5, 0.6) is 5.75 Å². The number of carboxylic acid groups (broad SMARTS) is 1. The predicted molar refractivity (Wildman–Crippen MR) is 74.2 cm³/mol. The molecule has 6 heteroatoms. The molecule has 0 saturated heterocycles. The molecule has 1 aromatic rings. The number of hydrogen-bond donors (Lipinski definition) is 4. The van der Waals surface area contributed by atoms with Crippen LogP contribution in [0.4, 0.5) is 0 Å². The molecule has 0 bridgehead atoms. The lowest BCUT2D eigenvalue weighted by Crippen LogP contribution is -2.51. The molecule has 0 radical (unpaired) electrons. The fraction of sp³-hybridized carbons (Fsp3) is 0.429. The fourth-order valence-corrected chi connectivity index (χ4v) is 1.75. The summed E-state index contributed by atoms with van der Waals surface area (Å²) in [5.41, 5.74) is 6.56. The predicted octanol–water partition coefficient (Wildman–Crippen LogP) is 0.487. The van der Waals surface area contributed by atoms with Gasteiger partial charge in [-0.25, -0.2) is 4.79 Å². The van der Waals surface area contributed by atoms with E-state index in [1.165, 1.54) is 12.1 Å². The first-order valence-electron chi connectivity index (χ1n) is 6.38. The van der Waals surface area contributed by atoms with Gasteiger partial charge in [-0.05, 0) is 30.0 Å². The van der Waals surface area contributed by atoms with Gasteiger partial charge in [-0.2, -0.15) is 0 Å². The minimum absolute atomic E-state index is 0.137. The van der Waals surface area contributed by atoms with Gasteiger partial charge >= 0.3 is 5.97 Å². The molecule has 20 heavy (non-hydrogen) atoms. The van der Waals surface area contributed by atoms with Gasteiger partial charge in [0.25, 0.3) is 0 Å². The average Bonchev–Trinajstić information content (AvgIpc) is 2.37. The summed E-state index contributed by atoms with van der Waals surface area (Å²) >= 11 is 0. The summed E-state index contributed by atoms with van der Waals surface area (Å²) < 4.78 is 0. The lowest BCUT2D eigenvalue weighted by atomic mass is 10.0. The molecule has 2 atom stereocenters. The average molecular weight is 280 g/mol. The highest BCUT2D eigenvalue weighted by Crippen LogP contribution is 2.11. The van der Waals surface area contributed by atoms with E-state index in [0.29, 0.717) is 0 Å². The zero-order valence-corrected chi connectivity index (χ0v) is 11.5. The Morgan fingerprint density at radius 3 is 2.25 bits per heavy atom. The minimum atomic E-state index is -1.08. The number of phenols is 1. The fourth-order valence-electron chi connectivity index (χ4n) is 1.75. The first kappa shape index (κ1) is 16.0. The van der Waals surface area contributed by atoms with E-state index in [1.807, 2.05) is 0 Å². The molecule has 1 amide bonds. The molecular formula is C14H20N2O4. The Labute approximate surface area is 117 Å². The molecule has 0 fully saturated rings. The molecule has 0 saturated carbocycles. The van der Waals surface area contributed by atoms with E-state index >= 15 is 0 Å². The molecule has 0 aliphatic carbocycles. The molecule has 0 aliphatic rings. The van der Waals surface area contributed by atoms with Gasteiger partial charge in [-0.3, -0.25) is 4.79 Å². The van der Waals surface area contributed by atoms with Gasteiger partial charge in [0.2, 0.25) is 5.91 Å². The molecule has 0 unspecified atom stereocenters. The Hall–Kier alpha value is -2.08. The van der Waals surface area contributed by atoms with E-state index in [1.54, 1.807) is 26.0 Å². The van der Waals surface area contributed by atoms with E-state index in [0.717, 1.165) is 5.56 Å². The van der Waals surface area contributed by atoms with Crippen LogP contribution in [0.3, 0.4) is 0 Å². The van der Waals surface area contributed by atoms with Crippen molar-refractivity contribution >= 4 is 11.9 Å². The standard InChI is InChI=1S/C14H20N2O4/c1-8(2)12(14(19)20)16-13(18)11(15)7-9-3-5-10(17)6-4-9/h3-6,8,11-12,17H,7,15H2,1-2H3,(H,16,18)(H,19,20)/t11-,12+/m0/s1. The second kappa shape index (κ2) is 6.91. The second-order valence-corrected chi connectivity index (χ2v) is 5.05. The monoisotopic (exact) mass is 280 g/mol. The number of amides is 1. The maximum absolute atomic E-state index is 11.9. The molecule has 0 aromatic heterocycles. The third kappa shape index (κ3) is 4.55. The molecule has 110 valence electrons. The number of aromatic hydroxyl groups is 1. The van der Waals surface area contributed by atoms with Crippen molar-refractivity contribution in [3.8, 4) is 5.75 Å². The van der Waals surface area contributed by atoms with Crippen LogP contribution in [-0.4, -0.2) is 34.2 Å². The van der Waals surface area contributed by atoms with Crippen molar-refractivity contribution in [1.82, 2.24) is 5.32 Å². The van der Waals surface area contributed by atoms with E-state index in [9.17, 15) is 9.59 Å². The molecule has 5 N–H and O–H groups in total. The summed E-state index contributed by atoms with van der Waals surface area (Å²) in [5.74, 6) is -1.67. The van der Waals surface area contributed by atoms with Crippen molar-refractivity contribution in [3.63, 3.8) is 0 Å². The highest BCUT2D eigenvalue weighted by atomic mass is 16.4. The number of carboxylic acids is 1. The van der Waals surface area contributed by atoms with E-state index in [4.69, 9.17) is 15.9 Å². The van der Waals surface area contributed by atoms with E-state index in [-0.39, 0.29) is 18.1 Å². The quantitative estimate of drug-likeness (QED) is 0.605. The Morgan fingerprint density at radius 1 is 1.25 bits per heavy atom. The summed E-state index contributed by atoms with van der Waals surface area (Å²) in [7, 11) is 0. The Kier molecular flexibility index (Phi) is 5.52. The van der Waals surface area contributed by atoms with Crippen LogP contribution in [-0.2, 0) is 16.0 Å². The van der Waals surface area contributed by atoms with Gasteiger partial charge in [0.1, 0.15) is 11.8 Å². The second-order valence-electron chi connectivity index (χ2n) is 5.05. The largest absolute Gasteiger partial charge is 0.508 e. The van der Waals surface area contributed by atoms with Crippen LogP contribution in [0, 0.1) is 5.92 Å². The summed E-state index contributed by atoms with van der Waals surface area (Å²) in [6.45, 7) is 3.43. The molecular weight excluding hydrogens is 260 g/mol. The third-order valence-electron chi connectivity index (χ3n) is 2.96. The molecule has 0 aliphatic heterocycles. The highest BCUT2D eigenvalue weighted by molar-refractivity contribution is 5.87. The topological polar surface area (TPSA) is 113 Å². The number of carbonyl (C=O) groups excluding carboxylic acids is 1. The number of aliphatic carboxylic acids is 1. The number of carbonyl (C=O) groups is 2. The van der Waals surface area contributed by atoms with Crippen LogP contribution >= 0.6 is 0 Å². The van der Waals surface area contributed by atoms with Crippen molar-refractivity contribution in [3.05, 3.63) is 29.8 Å². The van der Waals surface area contributed by atoms with Crippen LogP contribution in [0.2, 0.25) is 0 Å². The van der Waals surface area contributed by atoms with Crippen molar-refractivity contribution in [2.75, 3.05) is 0 Å². The lowest BCUT2D eigenvalue weighted by molar-refractivity contribution is -0.143. The smallest absolute Gasteiger partial charge is 0.326 e. The lowest BCUT2D eigenvalue weighted by Gasteiger charge is -2.20. The first-order valence-corrected chi connectivity index (χ1v) is 6.38. The van der Waals surface area contributed by atoms with Crippen molar-refractivity contribution < 1.29 is 19.8 Å². The molecule has 1 rings (SSSR count). The number of nitrogens with two attached hydrogens (primary N) is 1. The van der Waals surface area contributed by atoms with Crippen molar-refractivity contribution in [2.24, 2.45) is 11.7 Å². The SMILES string of the molecule is CC(C)[C@@H](NC(=O)[C@@H](N)Cc1ccc(O)cc1)C(=O)O.